The Kier molecular flexibility index (Phi) is 46.4. The Balaban J connectivity index is 0.000000238. The number of H-pyrrole nitrogens is 5. The van der Waals surface area contributed by atoms with Gasteiger partial charge in [0.25, 0.3) is 0 Å². The molecule has 10 aromatic rings. The Hall–Kier alpha value is -9.40. The van der Waals surface area contributed by atoms with E-state index in [9.17, 15) is 0 Å². The molecular weight excluding hydrogens is 1530 g/mol. The van der Waals surface area contributed by atoms with Crippen LogP contribution in [0.4, 0.5) is 23.3 Å². The van der Waals surface area contributed by atoms with E-state index in [1.165, 1.54) is 98.4 Å². The van der Waals surface area contributed by atoms with Crippen molar-refractivity contribution in [3.63, 3.8) is 0 Å². The number of nitrogens with one attached hydrogen (secondary N) is 5. The van der Waals surface area contributed by atoms with Crippen LogP contribution >= 0.6 is 0 Å². The number of pyridine rings is 5. The summed E-state index contributed by atoms with van der Waals surface area (Å²) in [6.07, 6.45) is 32.7. The summed E-state index contributed by atoms with van der Waals surface area (Å²) in [4.78, 5) is 43.9. The highest BCUT2D eigenvalue weighted by molar-refractivity contribution is 5.67. The molecule has 123 heavy (non-hydrogen) atoms. The van der Waals surface area contributed by atoms with Crippen molar-refractivity contribution in [2.24, 2.45) is 29.6 Å². The van der Waals surface area contributed by atoms with E-state index in [1.807, 2.05) is 74.1 Å². The lowest BCUT2D eigenvalue weighted by molar-refractivity contribution is 0.261. The highest BCUT2D eigenvalue weighted by Crippen LogP contribution is 2.30. The molecule has 0 saturated heterocycles. The van der Waals surface area contributed by atoms with Crippen LogP contribution in [0.15, 0.2) is 123 Å². The van der Waals surface area contributed by atoms with Gasteiger partial charge in [-0.05, 0) is 211 Å². The second kappa shape index (κ2) is 55.8. The highest BCUT2D eigenvalue weighted by atomic mass is 16.5. The van der Waals surface area contributed by atoms with Gasteiger partial charge in [0.05, 0.1) is 66.1 Å². The molecule has 25 nitrogen and oxygen atoms in total. The van der Waals surface area contributed by atoms with Gasteiger partial charge in [-0.1, -0.05) is 136 Å². The number of rotatable bonds is 48. The molecule has 0 saturated carbocycles. The number of ether oxygens (including phenoxy) is 1. The first-order valence-corrected chi connectivity index (χ1v) is 46.0. The molecule has 0 aliphatic carbocycles. The predicted octanol–water partition coefficient (Wildman–Crippen LogP) is 20.5. The van der Waals surface area contributed by atoms with Gasteiger partial charge in [0, 0.05) is 178 Å². The summed E-state index contributed by atoms with van der Waals surface area (Å²) in [6, 6.07) is 21.4. The molecule has 0 bridgehead atoms. The minimum absolute atomic E-state index is 0.434. The molecule has 0 unspecified atom stereocenters. The SMILES string of the molecule is CCCCN(C)Cc1cn[nH]c1-c1ccc(N(C)C(C)C)nc1.CCCCN(C)Cc1cn[nH]c1-c1ccc(N(C)CC(C)C)nc1.CCCCN(C)Cc1cn[nH]c1-c1ccc(N(CC(C)C)CC(C)C)nc1.CCCCN(C)Cc1cn[nH]c1-c1ccc(N(CC)CCC(C)C)nc1.CCCCN(C)Cc1cn[nH]c1-c1ccc(OCC(C)C)nc1. The van der Waals surface area contributed by atoms with Gasteiger partial charge >= 0.3 is 0 Å². The van der Waals surface area contributed by atoms with Gasteiger partial charge < -0.3 is 48.8 Å². The average Bonchev–Trinajstić information content (AvgIpc) is 1.79. The number of hydrogen-bond donors (Lipinski definition) is 5. The Morgan fingerprint density at radius 3 is 0.846 bits per heavy atom. The van der Waals surface area contributed by atoms with E-state index in [0.717, 1.165) is 178 Å². The fourth-order valence-electron chi connectivity index (χ4n) is 14.1. The van der Waals surface area contributed by atoms with Crippen LogP contribution in [0, 0.1) is 29.6 Å². The van der Waals surface area contributed by atoms with Crippen molar-refractivity contribution in [1.29, 1.82) is 0 Å². The molecule has 5 N–H and O–H groups in total. The van der Waals surface area contributed by atoms with E-state index in [2.05, 4.69) is 333 Å². The van der Waals surface area contributed by atoms with Crippen LogP contribution in [0.2, 0.25) is 0 Å². The average molecular weight is 1690 g/mol. The summed E-state index contributed by atoms with van der Waals surface area (Å²) in [5, 5.41) is 36.9. The van der Waals surface area contributed by atoms with Gasteiger partial charge in [-0.3, -0.25) is 25.5 Å². The first-order valence-electron chi connectivity index (χ1n) is 46.0. The molecule has 0 aliphatic heterocycles. The molecule has 10 rings (SSSR count). The zero-order valence-corrected chi connectivity index (χ0v) is 80.5. The van der Waals surface area contributed by atoms with Gasteiger partial charge in [0.15, 0.2) is 0 Å². The third-order valence-electron chi connectivity index (χ3n) is 21.3. The first kappa shape index (κ1) is 102. The van der Waals surface area contributed by atoms with Crippen LogP contribution < -0.4 is 24.3 Å². The Morgan fingerprint density at radius 2 is 0.593 bits per heavy atom. The number of aromatic amines is 5. The third kappa shape index (κ3) is 36.4. The zero-order chi connectivity index (χ0) is 89.8. The van der Waals surface area contributed by atoms with Gasteiger partial charge in [0.2, 0.25) is 5.88 Å². The van der Waals surface area contributed by atoms with Crippen molar-refractivity contribution in [3.8, 4) is 62.2 Å². The summed E-state index contributed by atoms with van der Waals surface area (Å²) in [5.74, 6) is 7.83. The standard InChI is InChI=1S/C22H37N5.C21H35N5.C19H31N5.C18H29N5.C18H28N4O/c1-7-8-11-26(6)16-20-13-24-25-22(20)19-9-10-21(23-12-19)27(14-17(2)3)15-18(4)5;1-6-8-12-25(5)16-19-15-23-24-21(19)18-9-10-20(22-14-18)26(7-2)13-11-17(3)4;1-6-7-10-23(4)14-17-12-21-22-19(17)16-8-9-18(20-11-16)24(5)13-15(2)3;1-6-7-10-22(4)13-16-12-20-21-18(16)15-8-9-17(19-11-15)23(5)14(2)3;1-5-6-9-22(4)12-16-11-20-21-18(16)15-7-8-17(19-10-15)23-13-14(2)3/h9-10,12-13,17-18H,7-8,11,14-16H2,1-6H3,(H,24,25);9-10,14-15,17H,6-8,11-13,16H2,1-5H3,(H,23,24);8-9,11-12,15H,6-7,10,13-14H2,1-5H3,(H,21,22);8-9,11-12,14H,6-7,10,13H2,1-5H3,(H,20,21);7-8,10-11,14H,5-6,9,12-13H2,1-4H3,(H,20,21). The van der Waals surface area contributed by atoms with Crippen molar-refractivity contribution in [2.45, 2.75) is 234 Å². The molecule has 10 aromatic heterocycles. The molecule has 0 aromatic carbocycles. The monoisotopic (exact) mass is 1690 g/mol. The molecule has 10 heterocycles. The van der Waals surface area contributed by atoms with Crippen molar-refractivity contribution in [1.82, 2.24) is 100 Å². The predicted molar refractivity (Wildman–Crippen MR) is 517 cm³/mol. The molecule has 0 amide bonds. The summed E-state index contributed by atoms with van der Waals surface area (Å²) < 4.78 is 5.63. The number of aromatic nitrogens is 15. The lowest BCUT2D eigenvalue weighted by Gasteiger charge is -2.27. The molecule has 0 atom stereocenters. The number of anilines is 4. The van der Waals surface area contributed by atoms with Crippen LogP contribution in [0.25, 0.3) is 56.3 Å². The van der Waals surface area contributed by atoms with E-state index >= 15 is 0 Å². The number of hydrogen-bond acceptors (Lipinski definition) is 20. The van der Waals surface area contributed by atoms with Crippen molar-refractivity contribution in [2.75, 3.05) is 141 Å². The fourth-order valence-corrected chi connectivity index (χ4v) is 14.1. The first-order chi connectivity index (χ1) is 59.1. The molecule has 0 radical (unpaired) electrons. The zero-order valence-electron chi connectivity index (χ0n) is 80.5. The quantitative estimate of drug-likeness (QED) is 0.0238. The Morgan fingerprint density at radius 1 is 0.301 bits per heavy atom. The van der Waals surface area contributed by atoms with E-state index in [1.54, 1.807) is 0 Å². The summed E-state index contributed by atoms with van der Waals surface area (Å²) in [7, 11) is 15.0. The number of unbranched alkanes of at least 4 members (excludes halogenated alkanes) is 5. The van der Waals surface area contributed by atoms with E-state index in [0.29, 0.717) is 48.1 Å². The minimum atomic E-state index is 0.434. The molecule has 678 valence electrons. The molecule has 0 spiro atoms. The van der Waals surface area contributed by atoms with Gasteiger partial charge in [-0.2, -0.15) is 25.5 Å². The topological polar surface area (TPSA) is 246 Å². The molecular formula is C98H160N24O. The lowest BCUT2D eigenvalue weighted by Crippen LogP contribution is -2.31. The summed E-state index contributed by atoms with van der Waals surface area (Å²) in [6.45, 7) is 55.7. The van der Waals surface area contributed by atoms with E-state index < -0.39 is 0 Å². The second-order valence-corrected chi connectivity index (χ2v) is 36.0. The maximum atomic E-state index is 5.63. The van der Waals surface area contributed by atoms with Gasteiger partial charge in [0.1, 0.15) is 23.3 Å². The normalized spacial score (nSPS) is 11.5. The van der Waals surface area contributed by atoms with Crippen LogP contribution in [0.3, 0.4) is 0 Å². The molecule has 0 fully saturated rings. The van der Waals surface area contributed by atoms with E-state index in [-0.39, 0.29) is 0 Å². The Labute approximate surface area is 741 Å². The maximum Gasteiger partial charge on any atom is 0.213 e. The minimum Gasteiger partial charge on any atom is -0.477 e. The summed E-state index contributed by atoms with van der Waals surface area (Å²) in [5.41, 5.74) is 16.8. The van der Waals surface area contributed by atoms with Gasteiger partial charge in [-0.15, -0.1) is 0 Å². The third-order valence-corrected chi connectivity index (χ3v) is 21.3. The second-order valence-electron chi connectivity index (χ2n) is 36.0. The van der Waals surface area contributed by atoms with Crippen LogP contribution in [-0.4, -0.2) is 228 Å². The van der Waals surface area contributed by atoms with Gasteiger partial charge in [-0.25, -0.2) is 24.9 Å². The highest BCUT2D eigenvalue weighted by Gasteiger charge is 2.20. The largest absolute Gasteiger partial charge is 0.477 e. The van der Waals surface area contributed by atoms with E-state index in [4.69, 9.17) is 14.7 Å². The summed E-state index contributed by atoms with van der Waals surface area (Å²) >= 11 is 0. The van der Waals surface area contributed by atoms with Crippen LogP contribution in [-0.2, 0) is 32.7 Å². The van der Waals surface area contributed by atoms with Crippen molar-refractivity contribution < 1.29 is 4.74 Å². The molecule has 0 aliphatic rings. The van der Waals surface area contributed by atoms with Crippen LogP contribution in [0.5, 0.6) is 5.88 Å². The molecule has 25 heteroatoms. The van der Waals surface area contributed by atoms with Crippen molar-refractivity contribution in [3.05, 3.63) is 150 Å². The lowest BCUT2D eigenvalue weighted by atomic mass is 10.1. The van der Waals surface area contributed by atoms with Crippen LogP contribution in [0.1, 0.15) is 223 Å². The smallest absolute Gasteiger partial charge is 0.213 e. The maximum absolute atomic E-state index is 5.63. The number of nitrogens with zero attached hydrogens (tertiary/aromatic N) is 19. The van der Waals surface area contributed by atoms with Crippen molar-refractivity contribution >= 4 is 23.3 Å². The fraction of sp³-hybridized carbons (Fsp3) is 0.592. The Bertz CT molecular complexity index is 4340.